The minimum atomic E-state index is -0.390. The van der Waals surface area contributed by atoms with E-state index in [0.29, 0.717) is 5.56 Å². The van der Waals surface area contributed by atoms with Crippen LogP contribution in [-0.4, -0.2) is 0 Å². The van der Waals surface area contributed by atoms with Gasteiger partial charge < -0.3 is 4.90 Å². The SMILES string of the molecule is N#Cc1ccc(-c2ccc(N3c4ccccc4C4(c5ccccc5-c5ccccc54)c4ccccc43)cc2)cc1. The van der Waals surface area contributed by atoms with Crippen molar-refractivity contribution in [2.75, 3.05) is 4.90 Å². The molecule has 40 heavy (non-hydrogen) atoms. The molecule has 0 saturated heterocycles. The Labute approximate surface area is 234 Å². The van der Waals surface area contributed by atoms with E-state index in [0.717, 1.165) is 16.8 Å². The molecule has 2 heteroatoms. The lowest BCUT2D eigenvalue weighted by Gasteiger charge is -2.45. The molecule has 6 aromatic carbocycles. The summed E-state index contributed by atoms with van der Waals surface area (Å²) in [4.78, 5) is 2.40. The van der Waals surface area contributed by atoms with Gasteiger partial charge in [0.15, 0.2) is 0 Å². The quantitative estimate of drug-likeness (QED) is 0.233. The zero-order valence-corrected chi connectivity index (χ0v) is 21.8. The van der Waals surface area contributed by atoms with Gasteiger partial charge in [0.2, 0.25) is 0 Å². The number of hydrogen-bond donors (Lipinski definition) is 0. The largest absolute Gasteiger partial charge is 0.310 e. The second kappa shape index (κ2) is 8.56. The Morgan fingerprint density at radius 2 is 0.875 bits per heavy atom. The molecule has 0 fully saturated rings. The normalized spacial score (nSPS) is 13.6. The first kappa shape index (κ1) is 22.6. The molecule has 2 aliphatic rings. The molecule has 0 aromatic heterocycles. The van der Waals surface area contributed by atoms with Gasteiger partial charge in [-0.05, 0) is 80.9 Å². The Bertz CT molecular complexity index is 1860. The fourth-order valence-electron chi connectivity index (χ4n) is 6.88. The second-order valence-corrected chi connectivity index (χ2v) is 10.4. The van der Waals surface area contributed by atoms with Crippen molar-refractivity contribution in [1.29, 1.82) is 5.26 Å². The van der Waals surface area contributed by atoms with E-state index in [2.05, 4.69) is 132 Å². The van der Waals surface area contributed by atoms with Crippen LogP contribution in [0.5, 0.6) is 0 Å². The molecule has 0 bridgehead atoms. The molecule has 2 nitrogen and oxygen atoms in total. The minimum Gasteiger partial charge on any atom is -0.310 e. The summed E-state index contributed by atoms with van der Waals surface area (Å²) in [6.45, 7) is 0. The van der Waals surface area contributed by atoms with Crippen molar-refractivity contribution >= 4 is 17.1 Å². The topological polar surface area (TPSA) is 27.0 Å². The smallest absolute Gasteiger partial charge is 0.0991 e. The van der Waals surface area contributed by atoms with Crippen molar-refractivity contribution in [2.45, 2.75) is 5.41 Å². The maximum absolute atomic E-state index is 9.17. The van der Waals surface area contributed by atoms with Crippen LogP contribution in [0, 0.1) is 11.3 Å². The monoisotopic (exact) mass is 508 g/mol. The van der Waals surface area contributed by atoms with Crippen molar-refractivity contribution in [3.05, 3.63) is 173 Å². The van der Waals surface area contributed by atoms with Gasteiger partial charge in [-0.1, -0.05) is 109 Å². The first-order valence-corrected chi connectivity index (χ1v) is 13.6. The Hall–Kier alpha value is -5.39. The van der Waals surface area contributed by atoms with Crippen LogP contribution in [0.2, 0.25) is 0 Å². The molecule has 0 N–H and O–H groups in total. The third-order valence-electron chi connectivity index (χ3n) is 8.52. The number of fused-ring (bicyclic) bond motifs is 9. The third-order valence-corrected chi connectivity index (χ3v) is 8.52. The number of anilines is 3. The summed E-state index contributed by atoms with van der Waals surface area (Å²) < 4.78 is 0. The molecule has 8 rings (SSSR count). The van der Waals surface area contributed by atoms with Gasteiger partial charge in [0.25, 0.3) is 0 Å². The number of nitriles is 1. The van der Waals surface area contributed by atoms with Crippen molar-refractivity contribution in [3.8, 4) is 28.3 Å². The predicted molar refractivity (Wildman–Crippen MR) is 162 cm³/mol. The zero-order valence-electron chi connectivity index (χ0n) is 21.8. The average molecular weight is 509 g/mol. The molecule has 0 radical (unpaired) electrons. The lowest BCUT2D eigenvalue weighted by molar-refractivity contribution is 0.752. The molecule has 186 valence electrons. The Morgan fingerprint density at radius 3 is 1.38 bits per heavy atom. The standard InChI is InChI=1S/C38H24N2/c39-25-26-17-19-27(20-18-26)28-21-23-29(24-22-28)40-36-15-7-5-13-34(36)38(35-14-6-8-16-37(35)40)32-11-3-1-9-30(32)31-10-2-4-12-33(31)38/h1-24H. The fourth-order valence-corrected chi connectivity index (χ4v) is 6.88. The van der Waals surface area contributed by atoms with Crippen molar-refractivity contribution in [2.24, 2.45) is 0 Å². The van der Waals surface area contributed by atoms with Crippen molar-refractivity contribution in [1.82, 2.24) is 0 Å². The van der Waals surface area contributed by atoms with Crippen LogP contribution in [0.15, 0.2) is 146 Å². The van der Waals surface area contributed by atoms with Crippen LogP contribution >= 0.6 is 0 Å². The molecule has 1 aliphatic carbocycles. The Balaban J connectivity index is 1.36. The number of para-hydroxylation sites is 2. The van der Waals surface area contributed by atoms with Gasteiger partial charge in [-0.2, -0.15) is 5.26 Å². The molecule has 0 saturated carbocycles. The van der Waals surface area contributed by atoms with E-state index in [9.17, 15) is 0 Å². The molecule has 1 aliphatic heterocycles. The van der Waals surface area contributed by atoms with Crippen LogP contribution in [0.25, 0.3) is 22.3 Å². The third kappa shape index (κ3) is 2.98. The summed E-state index contributed by atoms with van der Waals surface area (Å²) >= 11 is 0. The molecule has 0 unspecified atom stereocenters. The maximum Gasteiger partial charge on any atom is 0.0991 e. The van der Waals surface area contributed by atoms with Crippen LogP contribution in [0.3, 0.4) is 0 Å². The lowest BCUT2D eigenvalue weighted by Crippen LogP contribution is -2.36. The lowest BCUT2D eigenvalue weighted by atomic mass is 9.64. The molecular formula is C38H24N2. The van der Waals surface area contributed by atoms with E-state index < -0.39 is 0 Å². The minimum absolute atomic E-state index is 0.390. The number of hydrogen-bond acceptors (Lipinski definition) is 2. The molecule has 1 spiro atoms. The molecule has 6 aromatic rings. The van der Waals surface area contributed by atoms with Crippen LogP contribution in [0.1, 0.15) is 27.8 Å². The van der Waals surface area contributed by atoms with E-state index >= 15 is 0 Å². The fraction of sp³-hybridized carbons (Fsp3) is 0.0263. The van der Waals surface area contributed by atoms with Gasteiger partial charge >= 0.3 is 0 Å². The van der Waals surface area contributed by atoms with Crippen LogP contribution in [-0.2, 0) is 5.41 Å². The summed E-state index contributed by atoms with van der Waals surface area (Å²) in [6.07, 6.45) is 0. The van der Waals surface area contributed by atoms with Gasteiger partial charge in [-0.25, -0.2) is 0 Å². The van der Waals surface area contributed by atoms with Gasteiger partial charge in [0.1, 0.15) is 0 Å². The number of nitrogens with zero attached hydrogens (tertiary/aromatic N) is 2. The highest BCUT2D eigenvalue weighted by Gasteiger charge is 2.51. The van der Waals surface area contributed by atoms with Gasteiger partial charge in [0.05, 0.1) is 28.4 Å². The van der Waals surface area contributed by atoms with Gasteiger partial charge in [-0.15, -0.1) is 0 Å². The summed E-state index contributed by atoms with van der Waals surface area (Å²) in [6, 6.07) is 54.3. The first-order chi connectivity index (χ1) is 19.8. The number of rotatable bonds is 2. The van der Waals surface area contributed by atoms with E-state index in [1.165, 1.54) is 44.8 Å². The van der Waals surface area contributed by atoms with E-state index in [4.69, 9.17) is 5.26 Å². The van der Waals surface area contributed by atoms with Crippen LogP contribution in [0.4, 0.5) is 17.1 Å². The summed E-state index contributed by atoms with van der Waals surface area (Å²) in [5.74, 6) is 0. The number of benzene rings is 6. The summed E-state index contributed by atoms with van der Waals surface area (Å²) in [7, 11) is 0. The zero-order chi connectivity index (χ0) is 26.7. The Kier molecular flexibility index (Phi) is 4.83. The second-order valence-electron chi connectivity index (χ2n) is 10.4. The summed E-state index contributed by atoms with van der Waals surface area (Å²) in [5, 5.41) is 9.17. The first-order valence-electron chi connectivity index (χ1n) is 13.6. The average Bonchev–Trinajstić information content (AvgIpc) is 3.33. The van der Waals surface area contributed by atoms with Crippen LogP contribution < -0.4 is 4.90 Å². The predicted octanol–water partition coefficient (Wildman–Crippen LogP) is 9.37. The van der Waals surface area contributed by atoms with Crippen molar-refractivity contribution in [3.63, 3.8) is 0 Å². The molecule has 1 heterocycles. The van der Waals surface area contributed by atoms with E-state index in [1.807, 2.05) is 24.3 Å². The molecule has 0 atom stereocenters. The van der Waals surface area contributed by atoms with Crippen molar-refractivity contribution < 1.29 is 0 Å². The van der Waals surface area contributed by atoms with Gasteiger partial charge in [-0.3, -0.25) is 0 Å². The highest BCUT2D eigenvalue weighted by Crippen LogP contribution is 2.63. The Morgan fingerprint density at radius 1 is 0.450 bits per heavy atom. The maximum atomic E-state index is 9.17. The van der Waals surface area contributed by atoms with E-state index in [-0.39, 0.29) is 5.41 Å². The highest BCUT2D eigenvalue weighted by molar-refractivity contribution is 5.95. The van der Waals surface area contributed by atoms with E-state index in [1.54, 1.807) is 0 Å². The highest BCUT2D eigenvalue weighted by atomic mass is 15.2. The van der Waals surface area contributed by atoms with Gasteiger partial charge in [0, 0.05) is 5.69 Å². The molecular weight excluding hydrogens is 484 g/mol. The molecule has 0 amide bonds. The summed E-state index contributed by atoms with van der Waals surface area (Å²) in [5.41, 5.74) is 13.9.